The third-order valence-corrected chi connectivity index (χ3v) is 3.12. The molecule has 0 aromatic heterocycles. The number of amides is 3. The van der Waals surface area contributed by atoms with Crippen molar-refractivity contribution in [2.45, 2.75) is 52.5 Å². The van der Waals surface area contributed by atoms with E-state index >= 15 is 0 Å². The van der Waals surface area contributed by atoms with Crippen molar-refractivity contribution in [3.05, 3.63) is 0 Å². The van der Waals surface area contributed by atoms with E-state index in [2.05, 4.69) is 16.0 Å². The van der Waals surface area contributed by atoms with Crippen LogP contribution in [0.15, 0.2) is 0 Å². The van der Waals surface area contributed by atoms with E-state index in [0.717, 1.165) is 6.42 Å². The molecule has 0 spiro atoms. The fourth-order valence-corrected chi connectivity index (χ4v) is 1.54. The maximum Gasteiger partial charge on any atom is 0.314 e. The highest BCUT2D eigenvalue weighted by molar-refractivity contribution is 5.78. The van der Waals surface area contributed by atoms with Gasteiger partial charge in [0.2, 0.25) is 5.91 Å². The molecular formula is C14H27N3O4. The fraction of sp³-hybridized carbons (Fsp3) is 0.786. The molecule has 0 heterocycles. The summed E-state index contributed by atoms with van der Waals surface area (Å²) in [5, 5.41) is 16.6. The molecule has 7 nitrogen and oxygen atoms in total. The third kappa shape index (κ3) is 11.7. The summed E-state index contributed by atoms with van der Waals surface area (Å²) in [5.74, 6) is -0.821. The summed E-state index contributed by atoms with van der Waals surface area (Å²) < 4.78 is 0. The highest BCUT2D eigenvalue weighted by Gasteiger charge is 2.09. The predicted molar refractivity (Wildman–Crippen MR) is 79.9 cm³/mol. The number of rotatable bonds is 10. The Hall–Kier alpha value is -1.79. The Kier molecular flexibility index (Phi) is 10.0. The number of carbonyl (C=O) groups is 3. The summed E-state index contributed by atoms with van der Waals surface area (Å²) in [6, 6.07) is -0.199. The van der Waals surface area contributed by atoms with Gasteiger partial charge in [0, 0.05) is 32.0 Å². The van der Waals surface area contributed by atoms with E-state index in [1.54, 1.807) is 0 Å². The molecule has 0 fully saturated rings. The molecule has 2 atom stereocenters. The minimum absolute atomic E-state index is 0.0838. The van der Waals surface area contributed by atoms with E-state index in [1.807, 2.05) is 20.8 Å². The van der Waals surface area contributed by atoms with Crippen molar-refractivity contribution < 1.29 is 19.5 Å². The van der Waals surface area contributed by atoms with Gasteiger partial charge in [0.1, 0.15) is 0 Å². The molecule has 122 valence electrons. The zero-order valence-corrected chi connectivity index (χ0v) is 13.1. The molecule has 0 aliphatic heterocycles. The fourth-order valence-electron chi connectivity index (χ4n) is 1.54. The van der Waals surface area contributed by atoms with Gasteiger partial charge in [-0.1, -0.05) is 13.8 Å². The number of nitrogens with one attached hydrogen (secondary N) is 3. The molecule has 0 aromatic carbocycles. The Morgan fingerprint density at radius 2 is 1.76 bits per heavy atom. The van der Waals surface area contributed by atoms with Gasteiger partial charge in [-0.05, 0) is 25.7 Å². The second-order valence-electron chi connectivity index (χ2n) is 5.30. The summed E-state index contributed by atoms with van der Waals surface area (Å²) in [4.78, 5) is 33.4. The quantitative estimate of drug-likeness (QED) is 0.484. The predicted octanol–water partition coefficient (Wildman–Crippen LogP) is 1.09. The Balaban J connectivity index is 3.66. The summed E-state index contributed by atoms with van der Waals surface area (Å²) in [5.41, 5.74) is 0. The summed E-state index contributed by atoms with van der Waals surface area (Å²) >= 11 is 0. The number of aliphatic carboxylic acids is 1. The van der Waals surface area contributed by atoms with Crippen LogP contribution in [0.1, 0.15) is 46.5 Å². The molecule has 0 rings (SSSR count). The van der Waals surface area contributed by atoms with Crippen molar-refractivity contribution in [2.24, 2.45) is 5.92 Å². The molecular weight excluding hydrogens is 274 g/mol. The Morgan fingerprint density at radius 1 is 1.10 bits per heavy atom. The molecule has 0 saturated carbocycles. The van der Waals surface area contributed by atoms with Crippen LogP contribution in [-0.2, 0) is 9.59 Å². The van der Waals surface area contributed by atoms with E-state index < -0.39 is 5.97 Å². The lowest BCUT2D eigenvalue weighted by Gasteiger charge is -2.13. The first-order chi connectivity index (χ1) is 9.85. The number of urea groups is 1. The number of carboxylic acids is 1. The van der Waals surface area contributed by atoms with Gasteiger partial charge in [-0.3, -0.25) is 9.59 Å². The Labute approximate surface area is 125 Å². The molecule has 2 unspecified atom stereocenters. The van der Waals surface area contributed by atoms with Crippen LogP contribution in [0.2, 0.25) is 0 Å². The van der Waals surface area contributed by atoms with E-state index in [-0.39, 0.29) is 43.3 Å². The van der Waals surface area contributed by atoms with Gasteiger partial charge in [-0.15, -0.1) is 0 Å². The molecule has 0 bridgehead atoms. The average molecular weight is 301 g/mol. The van der Waals surface area contributed by atoms with Crippen molar-refractivity contribution in [1.82, 2.24) is 16.0 Å². The number of carbonyl (C=O) groups excluding carboxylic acids is 2. The number of hydrogen-bond donors (Lipinski definition) is 4. The molecule has 0 aliphatic rings. The zero-order chi connectivity index (χ0) is 16.3. The van der Waals surface area contributed by atoms with Crippen molar-refractivity contribution in [3.63, 3.8) is 0 Å². The minimum atomic E-state index is -0.835. The SMILES string of the molecule is CCC(C)NC(=O)CCNC(=O)NCC(C)CCC(=O)O. The van der Waals surface area contributed by atoms with Crippen LogP contribution < -0.4 is 16.0 Å². The molecule has 21 heavy (non-hydrogen) atoms. The normalized spacial score (nSPS) is 13.1. The average Bonchev–Trinajstić information content (AvgIpc) is 2.42. The molecule has 0 aromatic rings. The van der Waals surface area contributed by atoms with Gasteiger partial charge >= 0.3 is 12.0 Å². The first kappa shape index (κ1) is 19.2. The van der Waals surface area contributed by atoms with Crippen molar-refractivity contribution in [1.29, 1.82) is 0 Å². The molecule has 0 saturated heterocycles. The molecule has 3 amide bonds. The van der Waals surface area contributed by atoms with Crippen LogP contribution in [0.25, 0.3) is 0 Å². The van der Waals surface area contributed by atoms with Crippen LogP contribution >= 0.6 is 0 Å². The standard InChI is InChI=1S/C14H27N3O4/c1-4-11(3)17-12(18)7-8-15-14(21)16-9-10(2)5-6-13(19)20/h10-11H,4-9H2,1-3H3,(H,17,18)(H,19,20)(H2,15,16,21). The van der Waals surface area contributed by atoms with Gasteiger partial charge in [0.15, 0.2) is 0 Å². The van der Waals surface area contributed by atoms with Crippen molar-refractivity contribution >= 4 is 17.9 Å². The Morgan fingerprint density at radius 3 is 2.33 bits per heavy atom. The lowest BCUT2D eigenvalue weighted by atomic mass is 10.1. The highest BCUT2D eigenvalue weighted by atomic mass is 16.4. The minimum Gasteiger partial charge on any atom is -0.481 e. The maximum atomic E-state index is 11.5. The first-order valence-electron chi connectivity index (χ1n) is 7.38. The van der Waals surface area contributed by atoms with Gasteiger partial charge < -0.3 is 21.1 Å². The monoisotopic (exact) mass is 301 g/mol. The van der Waals surface area contributed by atoms with Crippen molar-refractivity contribution in [3.8, 4) is 0 Å². The number of hydrogen-bond acceptors (Lipinski definition) is 3. The molecule has 0 radical (unpaired) electrons. The molecule has 4 N–H and O–H groups in total. The lowest BCUT2D eigenvalue weighted by Crippen LogP contribution is -2.40. The van der Waals surface area contributed by atoms with Crippen LogP contribution in [0.4, 0.5) is 4.79 Å². The van der Waals surface area contributed by atoms with Gasteiger partial charge in [-0.25, -0.2) is 4.79 Å². The maximum absolute atomic E-state index is 11.5. The largest absolute Gasteiger partial charge is 0.481 e. The van der Waals surface area contributed by atoms with Gasteiger partial charge in [0.25, 0.3) is 0 Å². The van der Waals surface area contributed by atoms with Crippen LogP contribution in [0, 0.1) is 5.92 Å². The summed E-state index contributed by atoms with van der Waals surface area (Å²) in [6.45, 7) is 6.48. The zero-order valence-electron chi connectivity index (χ0n) is 13.1. The van der Waals surface area contributed by atoms with E-state index in [4.69, 9.17) is 5.11 Å². The van der Waals surface area contributed by atoms with E-state index in [9.17, 15) is 14.4 Å². The van der Waals surface area contributed by atoms with Crippen molar-refractivity contribution in [2.75, 3.05) is 13.1 Å². The second-order valence-corrected chi connectivity index (χ2v) is 5.30. The van der Waals surface area contributed by atoms with Crippen LogP contribution in [-0.4, -0.2) is 42.1 Å². The number of carboxylic acid groups (broad SMARTS) is 1. The third-order valence-electron chi connectivity index (χ3n) is 3.12. The summed E-state index contributed by atoms with van der Waals surface area (Å²) in [7, 11) is 0. The highest BCUT2D eigenvalue weighted by Crippen LogP contribution is 2.03. The van der Waals surface area contributed by atoms with E-state index in [1.165, 1.54) is 0 Å². The molecule has 7 heteroatoms. The van der Waals surface area contributed by atoms with Crippen LogP contribution in [0.3, 0.4) is 0 Å². The topological polar surface area (TPSA) is 108 Å². The van der Waals surface area contributed by atoms with Gasteiger partial charge in [-0.2, -0.15) is 0 Å². The first-order valence-corrected chi connectivity index (χ1v) is 7.38. The Bertz CT molecular complexity index is 347. The van der Waals surface area contributed by atoms with E-state index in [0.29, 0.717) is 13.0 Å². The van der Waals surface area contributed by atoms with Gasteiger partial charge in [0.05, 0.1) is 0 Å². The summed E-state index contributed by atoms with van der Waals surface area (Å²) in [6.07, 6.45) is 1.73. The lowest BCUT2D eigenvalue weighted by molar-refractivity contribution is -0.137. The smallest absolute Gasteiger partial charge is 0.314 e. The van der Waals surface area contributed by atoms with Crippen LogP contribution in [0.5, 0.6) is 0 Å². The molecule has 0 aliphatic carbocycles. The second kappa shape index (κ2) is 10.9.